The molecule has 174 valence electrons. The van der Waals surface area contributed by atoms with E-state index in [1.165, 1.54) is 16.7 Å². The molecule has 1 heterocycles. The van der Waals surface area contributed by atoms with Crippen LogP contribution < -0.4 is 4.90 Å². The van der Waals surface area contributed by atoms with Crippen LogP contribution in [-0.4, -0.2) is 37.2 Å². The number of hydrogen-bond acceptors (Lipinski definition) is 4. The summed E-state index contributed by atoms with van der Waals surface area (Å²) in [5.74, 6) is 7.06. The molecule has 1 saturated heterocycles. The number of hydrogen-bond donors (Lipinski definition) is 1. The van der Waals surface area contributed by atoms with Gasteiger partial charge in [0.15, 0.2) is 5.78 Å². The quantitative estimate of drug-likeness (QED) is 0.652. The van der Waals surface area contributed by atoms with Crippen molar-refractivity contribution >= 4 is 11.5 Å². The Bertz CT molecular complexity index is 1090. The third-order valence-corrected chi connectivity index (χ3v) is 8.76. The van der Waals surface area contributed by atoms with Gasteiger partial charge in [0.05, 0.1) is 6.61 Å². The summed E-state index contributed by atoms with van der Waals surface area (Å²) in [6.45, 7) is 4.48. The van der Waals surface area contributed by atoms with Crippen LogP contribution in [-0.2, 0) is 9.53 Å². The summed E-state index contributed by atoms with van der Waals surface area (Å²) >= 11 is 0. The van der Waals surface area contributed by atoms with Crippen LogP contribution in [0.5, 0.6) is 0 Å². The average molecular weight is 446 g/mol. The van der Waals surface area contributed by atoms with Crippen LogP contribution >= 0.6 is 0 Å². The van der Waals surface area contributed by atoms with Gasteiger partial charge in [-0.3, -0.25) is 4.79 Å². The van der Waals surface area contributed by atoms with Crippen molar-refractivity contribution in [2.75, 3.05) is 25.6 Å². The lowest BCUT2D eigenvalue weighted by atomic mass is 9.61. The van der Waals surface area contributed by atoms with Crippen LogP contribution in [0.4, 0.5) is 5.69 Å². The zero-order valence-electron chi connectivity index (χ0n) is 20.3. The number of carbonyl (C=O) groups excluding carboxylic acids is 1. The molecule has 4 nitrogen and oxygen atoms in total. The van der Waals surface area contributed by atoms with Crippen LogP contribution in [0.15, 0.2) is 47.1 Å². The number of anilines is 1. The van der Waals surface area contributed by atoms with Crippen molar-refractivity contribution in [1.82, 2.24) is 0 Å². The van der Waals surface area contributed by atoms with E-state index in [1.54, 1.807) is 0 Å². The fourth-order valence-corrected chi connectivity index (χ4v) is 6.90. The maximum atomic E-state index is 12.2. The zero-order chi connectivity index (χ0) is 23.4. The molecule has 1 aromatic rings. The first-order valence-corrected chi connectivity index (χ1v) is 12.3. The molecular weight excluding hydrogens is 410 g/mol. The Labute approximate surface area is 197 Å². The van der Waals surface area contributed by atoms with Gasteiger partial charge in [-0.1, -0.05) is 25.0 Å². The van der Waals surface area contributed by atoms with Crippen molar-refractivity contribution in [2.24, 2.45) is 17.3 Å². The van der Waals surface area contributed by atoms with Crippen LogP contribution in [0.3, 0.4) is 0 Å². The molecule has 0 amide bonds. The van der Waals surface area contributed by atoms with Crippen molar-refractivity contribution in [2.45, 2.75) is 64.1 Å². The van der Waals surface area contributed by atoms with E-state index >= 15 is 0 Å². The normalized spacial score (nSPS) is 35.5. The second-order valence-electron chi connectivity index (χ2n) is 10.7. The Hall–Kier alpha value is -2.35. The molecule has 1 aliphatic heterocycles. The number of ketones is 1. The second-order valence-corrected chi connectivity index (χ2v) is 10.7. The predicted octanol–water partition coefficient (Wildman–Crippen LogP) is 4.99. The molecule has 5 atom stereocenters. The van der Waals surface area contributed by atoms with Crippen LogP contribution in [0.2, 0.25) is 0 Å². The lowest BCUT2D eigenvalue weighted by Gasteiger charge is -2.42. The highest BCUT2D eigenvalue weighted by Gasteiger charge is 2.61. The molecule has 1 saturated carbocycles. The van der Waals surface area contributed by atoms with Crippen molar-refractivity contribution in [3.63, 3.8) is 0 Å². The summed E-state index contributed by atoms with van der Waals surface area (Å²) in [7, 11) is 4.10. The van der Waals surface area contributed by atoms with Gasteiger partial charge >= 0.3 is 0 Å². The van der Waals surface area contributed by atoms with Crippen LogP contribution in [0.25, 0.3) is 0 Å². The largest absolute Gasteiger partial charge is 0.378 e. The standard InChI is InChI=1S/C29H35NO3/c1-5-15-29(32)16-14-25-24-12-8-20-17-22(31)11-13-23(20)26(24)27(33-18-28(25,29)2)19-6-9-21(10-7-19)30(3)4/h6-7,9-10,17,24-25,27,32H,8,11-14,16,18H2,1-4H3/t24-,25-,27+,28-,29-/m0/s1. The molecule has 0 spiro atoms. The van der Waals surface area contributed by atoms with Gasteiger partial charge in [0.25, 0.3) is 0 Å². The Balaban J connectivity index is 1.66. The van der Waals surface area contributed by atoms with E-state index in [9.17, 15) is 9.90 Å². The number of rotatable bonds is 2. The van der Waals surface area contributed by atoms with E-state index in [1.807, 2.05) is 27.1 Å². The highest BCUT2D eigenvalue weighted by molar-refractivity contribution is 5.93. The van der Waals surface area contributed by atoms with Gasteiger partial charge in [-0.05, 0) is 91.4 Å². The van der Waals surface area contributed by atoms with Gasteiger partial charge in [-0.25, -0.2) is 0 Å². The molecule has 0 bridgehead atoms. The minimum absolute atomic E-state index is 0.153. The smallest absolute Gasteiger partial charge is 0.156 e. The Kier molecular flexibility index (Phi) is 5.54. The predicted molar refractivity (Wildman–Crippen MR) is 131 cm³/mol. The summed E-state index contributed by atoms with van der Waals surface area (Å²) in [6, 6.07) is 8.65. The Morgan fingerprint density at radius 3 is 2.58 bits per heavy atom. The number of nitrogens with zero attached hydrogens (tertiary/aromatic N) is 1. The van der Waals surface area contributed by atoms with E-state index in [4.69, 9.17) is 4.74 Å². The first-order chi connectivity index (χ1) is 15.8. The molecule has 2 fully saturated rings. The molecule has 33 heavy (non-hydrogen) atoms. The maximum absolute atomic E-state index is 12.2. The van der Waals surface area contributed by atoms with Gasteiger partial charge in [-0.2, -0.15) is 0 Å². The molecule has 1 N–H and O–H groups in total. The van der Waals surface area contributed by atoms with Crippen molar-refractivity contribution in [3.8, 4) is 11.8 Å². The number of ether oxygens (including phenoxy) is 1. The number of allylic oxidation sites excluding steroid dienone is 3. The van der Waals surface area contributed by atoms with E-state index in [0.29, 0.717) is 31.3 Å². The molecule has 5 rings (SSSR count). The number of carbonyl (C=O) groups is 1. The average Bonchev–Trinajstić information content (AvgIpc) is 2.96. The first-order valence-electron chi connectivity index (χ1n) is 12.3. The minimum atomic E-state index is -1.02. The minimum Gasteiger partial charge on any atom is -0.378 e. The van der Waals surface area contributed by atoms with Crippen molar-refractivity contribution in [3.05, 3.63) is 52.6 Å². The van der Waals surface area contributed by atoms with Gasteiger partial charge < -0.3 is 14.7 Å². The second kappa shape index (κ2) is 8.15. The molecular formula is C29H35NO3. The number of fused-ring (bicyclic) bond motifs is 4. The van der Waals surface area contributed by atoms with E-state index in [0.717, 1.165) is 36.9 Å². The van der Waals surface area contributed by atoms with Gasteiger partial charge in [0, 0.05) is 31.6 Å². The Morgan fingerprint density at radius 2 is 1.88 bits per heavy atom. The molecule has 0 unspecified atom stereocenters. The number of aliphatic hydroxyl groups is 1. The summed E-state index contributed by atoms with van der Waals surface area (Å²) in [5.41, 5.74) is 4.78. The van der Waals surface area contributed by atoms with Crippen LogP contribution in [0, 0.1) is 29.1 Å². The zero-order valence-corrected chi connectivity index (χ0v) is 20.3. The lowest BCUT2D eigenvalue weighted by Crippen LogP contribution is -2.48. The maximum Gasteiger partial charge on any atom is 0.156 e. The highest BCUT2D eigenvalue weighted by Crippen LogP contribution is 2.61. The molecule has 4 aliphatic rings. The molecule has 3 aliphatic carbocycles. The fourth-order valence-electron chi connectivity index (χ4n) is 6.90. The topological polar surface area (TPSA) is 49.8 Å². The highest BCUT2D eigenvalue weighted by atomic mass is 16.5. The first kappa shape index (κ1) is 22.4. The third kappa shape index (κ3) is 3.49. The molecule has 1 aromatic carbocycles. The summed E-state index contributed by atoms with van der Waals surface area (Å²) in [6.07, 6.45) is 6.70. The fraction of sp³-hybridized carbons (Fsp3) is 0.552. The SMILES string of the molecule is CC#C[C@]1(O)CC[C@H]2[C@@H]3CCC4=CC(=O)CCC4=C3[C@@H](c3ccc(N(C)C)cc3)OC[C@@]21C. The molecule has 4 heteroatoms. The molecule has 0 radical (unpaired) electrons. The van der Waals surface area contributed by atoms with E-state index < -0.39 is 11.0 Å². The van der Waals surface area contributed by atoms with Gasteiger partial charge in [0.2, 0.25) is 0 Å². The number of benzene rings is 1. The Morgan fingerprint density at radius 1 is 1.12 bits per heavy atom. The summed E-state index contributed by atoms with van der Waals surface area (Å²) < 4.78 is 6.78. The van der Waals surface area contributed by atoms with Gasteiger partial charge in [-0.15, -0.1) is 5.92 Å². The lowest BCUT2D eigenvalue weighted by molar-refractivity contribution is -0.114. The van der Waals surface area contributed by atoms with Crippen molar-refractivity contribution in [1.29, 1.82) is 0 Å². The van der Waals surface area contributed by atoms with E-state index in [-0.39, 0.29) is 11.9 Å². The monoisotopic (exact) mass is 445 g/mol. The van der Waals surface area contributed by atoms with Crippen LogP contribution in [0.1, 0.15) is 64.0 Å². The molecule has 0 aromatic heterocycles. The summed E-state index contributed by atoms with van der Waals surface area (Å²) in [5, 5.41) is 11.7. The van der Waals surface area contributed by atoms with Crippen molar-refractivity contribution < 1.29 is 14.6 Å². The summed E-state index contributed by atoms with van der Waals surface area (Å²) in [4.78, 5) is 14.3. The third-order valence-electron chi connectivity index (χ3n) is 8.76. The van der Waals surface area contributed by atoms with E-state index in [2.05, 4.69) is 47.9 Å². The van der Waals surface area contributed by atoms with Gasteiger partial charge in [0.1, 0.15) is 11.7 Å².